The fourth-order valence-electron chi connectivity index (χ4n) is 5.42. The molecule has 1 aromatic heterocycles. The van der Waals surface area contributed by atoms with Gasteiger partial charge in [-0.3, -0.25) is 9.59 Å². The number of rotatable bonds is 6. The summed E-state index contributed by atoms with van der Waals surface area (Å²) in [6, 6.07) is 17.8. The van der Waals surface area contributed by atoms with Gasteiger partial charge < -0.3 is 29.5 Å². The number of hydrogen-bond donors (Lipinski definition) is 1. The molecule has 0 atom stereocenters. The van der Waals surface area contributed by atoms with Crippen LogP contribution >= 0.6 is 0 Å². The molecule has 5 rings (SSSR count). The Bertz CT molecular complexity index is 1750. The molecule has 2 heterocycles. The number of imidazole rings is 1. The van der Waals surface area contributed by atoms with Gasteiger partial charge in [0.2, 0.25) is 0 Å². The third kappa shape index (κ3) is 6.63. The number of fused-ring (bicyclic) bond motifs is 1. The number of benzene rings is 3. The lowest BCUT2D eigenvalue weighted by molar-refractivity contribution is 0.0540. The van der Waals surface area contributed by atoms with E-state index in [9.17, 15) is 14.4 Å². The average Bonchev–Trinajstić information content (AvgIpc) is 3.36. The van der Waals surface area contributed by atoms with E-state index in [1.54, 1.807) is 76.0 Å². The maximum absolute atomic E-state index is 13.7. The number of anilines is 3. The smallest absolute Gasteiger partial charge is 0.420 e. The monoisotopic (exact) mass is 612 g/mol. The summed E-state index contributed by atoms with van der Waals surface area (Å²) in [7, 11) is 5.32. The summed E-state index contributed by atoms with van der Waals surface area (Å²) in [4.78, 5) is 50.9. The van der Waals surface area contributed by atoms with Crippen LogP contribution < -0.4 is 19.9 Å². The Labute approximate surface area is 263 Å². The highest BCUT2D eigenvalue weighted by molar-refractivity contribution is 6.12. The SMILES string of the molecule is COc1cc(C(=O)N(C)c2ccccc2N2CCN(C)CC2)ccc1C(=O)Nc1cccc2c1nc(C)n2C(=O)OC(C)(C)C. The molecular weight excluding hydrogens is 572 g/mol. The molecule has 0 aliphatic carbocycles. The van der Waals surface area contributed by atoms with Crippen molar-refractivity contribution in [3.63, 3.8) is 0 Å². The van der Waals surface area contributed by atoms with E-state index in [-0.39, 0.29) is 17.2 Å². The minimum atomic E-state index is -0.682. The van der Waals surface area contributed by atoms with Crippen LogP contribution in [0.2, 0.25) is 0 Å². The van der Waals surface area contributed by atoms with Crippen molar-refractivity contribution in [2.45, 2.75) is 33.3 Å². The molecule has 1 saturated heterocycles. The van der Waals surface area contributed by atoms with Gasteiger partial charge in [-0.15, -0.1) is 0 Å². The zero-order valence-corrected chi connectivity index (χ0v) is 26.9. The fraction of sp³-hybridized carbons (Fsp3) is 0.353. The predicted molar refractivity (Wildman–Crippen MR) is 176 cm³/mol. The Morgan fingerprint density at radius 3 is 2.36 bits per heavy atom. The van der Waals surface area contributed by atoms with Gasteiger partial charge in [-0.25, -0.2) is 14.3 Å². The van der Waals surface area contributed by atoms with E-state index >= 15 is 0 Å². The van der Waals surface area contributed by atoms with Crippen LogP contribution in [0.1, 0.15) is 47.3 Å². The van der Waals surface area contributed by atoms with Gasteiger partial charge in [0.1, 0.15) is 22.7 Å². The number of aryl methyl sites for hydroxylation is 1. The largest absolute Gasteiger partial charge is 0.496 e. The molecule has 0 spiro atoms. The Kier molecular flexibility index (Phi) is 8.83. The number of carbonyl (C=O) groups excluding carboxylic acids is 3. The number of para-hydroxylation sites is 3. The second-order valence-corrected chi connectivity index (χ2v) is 12.2. The first-order chi connectivity index (χ1) is 21.4. The van der Waals surface area contributed by atoms with Gasteiger partial charge in [0.05, 0.1) is 35.3 Å². The second-order valence-electron chi connectivity index (χ2n) is 12.2. The summed E-state index contributed by atoms with van der Waals surface area (Å²) in [6.07, 6.45) is -0.552. The van der Waals surface area contributed by atoms with Crippen LogP contribution in [0, 0.1) is 6.92 Å². The summed E-state index contributed by atoms with van der Waals surface area (Å²) in [5.41, 5.74) is 3.13. The standard InChI is InChI=1S/C34H40N6O5/c1-22-35-30-25(11-10-14-28(30)40(22)33(43)45-34(2,3)4)36-31(41)24-16-15-23(21-29(24)44-7)32(42)38(6)26-12-8-9-13-27(26)39-19-17-37(5)18-20-39/h8-16,21H,17-20H2,1-7H3,(H,36,41). The number of ether oxygens (including phenoxy) is 2. The van der Waals surface area contributed by atoms with Crippen molar-refractivity contribution in [2.75, 3.05) is 62.5 Å². The van der Waals surface area contributed by atoms with Crippen molar-refractivity contribution in [1.82, 2.24) is 14.5 Å². The molecule has 4 aromatic rings. The van der Waals surface area contributed by atoms with Crippen LogP contribution in [-0.4, -0.2) is 85.3 Å². The Balaban J connectivity index is 1.38. The van der Waals surface area contributed by atoms with E-state index in [0.29, 0.717) is 28.1 Å². The topological polar surface area (TPSA) is 109 Å². The molecule has 1 aliphatic rings. The molecule has 45 heavy (non-hydrogen) atoms. The molecule has 0 unspecified atom stereocenters. The van der Waals surface area contributed by atoms with E-state index in [4.69, 9.17) is 9.47 Å². The molecule has 11 nitrogen and oxygen atoms in total. The van der Waals surface area contributed by atoms with Gasteiger partial charge in [0, 0.05) is 38.8 Å². The van der Waals surface area contributed by atoms with Crippen molar-refractivity contribution in [3.05, 3.63) is 77.6 Å². The summed E-state index contributed by atoms with van der Waals surface area (Å²) in [6.45, 7) is 10.7. The lowest BCUT2D eigenvalue weighted by atomic mass is 10.1. The summed E-state index contributed by atoms with van der Waals surface area (Å²) in [5.74, 6) is 0.00722. The maximum Gasteiger partial charge on any atom is 0.420 e. The lowest BCUT2D eigenvalue weighted by Crippen LogP contribution is -2.45. The van der Waals surface area contributed by atoms with Gasteiger partial charge in [-0.1, -0.05) is 18.2 Å². The van der Waals surface area contributed by atoms with E-state index < -0.39 is 17.6 Å². The first-order valence-electron chi connectivity index (χ1n) is 14.9. The van der Waals surface area contributed by atoms with Crippen LogP contribution in [0.3, 0.4) is 0 Å². The summed E-state index contributed by atoms with van der Waals surface area (Å²) >= 11 is 0. The maximum atomic E-state index is 13.7. The Hall–Kier alpha value is -4.90. The van der Waals surface area contributed by atoms with E-state index in [0.717, 1.165) is 37.6 Å². The normalized spacial score (nSPS) is 13.9. The molecule has 3 aromatic carbocycles. The van der Waals surface area contributed by atoms with Crippen LogP contribution in [0.25, 0.3) is 11.0 Å². The number of methoxy groups -OCH3 is 1. The van der Waals surface area contributed by atoms with Gasteiger partial charge in [-0.05, 0) is 77.2 Å². The zero-order chi connectivity index (χ0) is 32.5. The first kappa shape index (κ1) is 31.5. The molecule has 1 N–H and O–H groups in total. The third-order valence-electron chi connectivity index (χ3n) is 7.76. The number of carbonyl (C=O) groups is 3. The molecule has 0 saturated carbocycles. The lowest BCUT2D eigenvalue weighted by Gasteiger charge is -2.36. The Morgan fingerprint density at radius 1 is 0.956 bits per heavy atom. The number of nitrogens with one attached hydrogen (secondary N) is 1. The van der Waals surface area contributed by atoms with Gasteiger partial charge in [0.25, 0.3) is 11.8 Å². The number of piperazine rings is 1. The fourth-order valence-corrected chi connectivity index (χ4v) is 5.42. The molecule has 2 amide bonds. The highest BCUT2D eigenvalue weighted by atomic mass is 16.6. The number of hydrogen-bond acceptors (Lipinski definition) is 8. The second kappa shape index (κ2) is 12.6. The first-order valence-corrected chi connectivity index (χ1v) is 14.9. The van der Waals surface area contributed by atoms with Crippen LogP contribution in [0.5, 0.6) is 5.75 Å². The zero-order valence-electron chi connectivity index (χ0n) is 26.9. The summed E-state index contributed by atoms with van der Waals surface area (Å²) in [5, 5.41) is 2.90. The van der Waals surface area contributed by atoms with Crippen LogP contribution in [-0.2, 0) is 4.74 Å². The highest BCUT2D eigenvalue weighted by Crippen LogP contribution is 2.32. The number of amides is 2. The van der Waals surface area contributed by atoms with Gasteiger partial charge >= 0.3 is 6.09 Å². The van der Waals surface area contributed by atoms with E-state index in [2.05, 4.69) is 27.1 Å². The molecule has 0 radical (unpaired) electrons. The van der Waals surface area contributed by atoms with E-state index in [1.165, 1.54) is 11.7 Å². The molecule has 236 valence electrons. The highest BCUT2D eigenvalue weighted by Gasteiger charge is 2.25. The summed E-state index contributed by atoms with van der Waals surface area (Å²) < 4.78 is 12.5. The number of nitrogens with zero attached hydrogens (tertiary/aromatic N) is 5. The van der Waals surface area contributed by atoms with Crippen molar-refractivity contribution >= 4 is 46.0 Å². The molecule has 1 aliphatic heterocycles. The van der Waals surface area contributed by atoms with Crippen molar-refractivity contribution in [1.29, 1.82) is 0 Å². The average molecular weight is 613 g/mol. The quantitative estimate of drug-likeness (QED) is 0.308. The molecule has 11 heteroatoms. The molecular formula is C34H40N6O5. The van der Waals surface area contributed by atoms with Crippen molar-refractivity contribution in [3.8, 4) is 5.75 Å². The molecule has 1 fully saturated rings. The Morgan fingerprint density at radius 2 is 1.67 bits per heavy atom. The van der Waals surface area contributed by atoms with Crippen molar-refractivity contribution in [2.24, 2.45) is 0 Å². The minimum Gasteiger partial charge on any atom is -0.496 e. The third-order valence-corrected chi connectivity index (χ3v) is 7.76. The minimum absolute atomic E-state index is 0.227. The number of aromatic nitrogens is 2. The van der Waals surface area contributed by atoms with Gasteiger partial charge in [-0.2, -0.15) is 0 Å². The van der Waals surface area contributed by atoms with Crippen LogP contribution in [0.15, 0.2) is 60.7 Å². The van der Waals surface area contributed by atoms with Crippen LogP contribution in [0.4, 0.5) is 21.9 Å². The van der Waals surface area contributed by atoms with E-state index in [1.807, 2.05) is 24.3 Å². The van der Waals surface area contributed by atoms with Crippen molar-refractivity contribution < 1.29 is 23.9 Å². The predicted octanol–water partition coefficient (Wildman–Crippen LogP) is 5.42. The molecule has 0 bridgehead atoms. The van der Waals surface area contributed by atoms with Gasteiger partial charge in [0.15, 0.2) is 0 Å². The number of likely N-dealkylation sites (N-methyl/N-ethyl adjacent to an activating group) is 1.